The lowest BCUT2D eigenvalue weighted by Crippen LogP contribution is -2.32. The first-order chi connectivity index (χ1) is 34.1. The van der Waals surface area contributed by atoms with E-state index >= 15 is 4.57 Å². The second-order valence-corrected chi connectivity index (χ2v) is 17.9. The average Bonchev–Trinajstić information content (AvgIpc) is 4.20. The molecule has 8 aromatic rings. The number of anilines is 2. The van der Waals surface area contributed by atoms with Crippen LogP contribution in [0.5, 0.6) is 5.75 Å². The van der Waals surface area contributed by atoms with Gasteiger partial charge < -0.3 is 34.5 Å². The molecule has 4 aromatic carbocycles. The number of esters is 1. The van der Waals surface area contributed by atoms with Crippen molar-refractivity contribution in [1.82, 2.24) is 39.0 Å². The van der Waals surface area contributed by atoms with E-state index in [2.05, 4.69) is 40.5 Å². The van der Waals surface area contributed by atoms with E-state index in [-0.39, 0.29) is 46.8 Å². The van der Waals surface area contributed by atoms with Gasteiger partial charge in [-0.15, -0.1) is 0 Å². The summed E-state index contributed by atoms with van der Waals surface area (Å²) in [5, 5.41) is 16.5. The van der Waals surface area contributed by atoms with Gasteiger partial charge in [-0.3, -0.25) is 27.8 Å². The summed E-state index contributed by atoms with van der Waals surface area (Å²) in [6.07, 6.45) is -0.503. The molecule has 356 valence electrons. The predicted molar refractivity (Wildman–Crippen MR) is 250 cm³/mol. The van der Waals surface area contributed by atoms with Crippen LogP contribution in [0.4, 0.5) is 11.6 Å². The second-order valence-electron chi connectivity index (χ2n) is 15.9. The number of aliphatic hydroxyl groups is 1. The Kier molecular flexibility index (Phi) is 13.4. The van der Waals surface area contributed by atoms with E-state index in [0.717, 1.165) is 0 Å². The summed E-state index contributed by atoms with van der Waals surface area (Å²) in [4.78, 5) is 65.9. The maximum Gasteiger partial charge on any atom is 0.530 e. The number of imidazole rings is 2. The number of aromatic nitrogens is 8. The molecule has 4 aromatic heterocycles. The standard InChI is InChI=1S/C47H40ClN10O11P/c48-31-16-18-32(19-17-31)68-70(63,69-34-21-38(65-35(34)22-59)58-27-54-40-42(50-25-52-44(40)58)56-46(61)29-12-6-2-7-13-29)64-23-36-33(67-47(62)30-14-8-3-9-15-30)20-37(66-36)57-26-53-39-41(49-24-51-43(39)57)55-45(60)28-10-4-1-5-11-28/h1-19,24-27,33-38,59H,20-23H2,(H,49,51,55,60)(H,50,52,56,61)/t33-,34+,35+,36-,37-,38+,70+/m0/s1. The van der Waals surface area contributed by atoms with E-state index < -0.39 is 75.7 Å². The van der Waals surface area contributed by atoms with Crippen molar-refractivity contribution in [2.24, 2.45) is 0 Å². The zero-order valence-corrected chi connectivity index (χ0v) is 38.2. The number of halogens is 1. The molecule has 0 unspecified atom stereocenters. The van der Waals surface area contributed by atoms with Crippen LogP contribution in [0, 0.1) is 0 Å². The number of fused-ring (bicyclic) bond motifs is 2. The van der Waals surface area contributed by atoms with Crippen molar-refractivity contribution in [2.45, 2.75) is 49.7 Å². The number of hydrogen-bond donors (Lipinski definition) is 3. The van der Waals surface area contributed by atoms with Gasteiger partial charge in [0.25, 0.3) is 11.8 Å². The van der Waals surface area contributed by atoms with Gasteiger partial charge in [-0.05, 0) is 60.7 Å². The molecule has 21 nitrogen and oxygen atoms in total. The SMILES string of the molecule is O=C(Nc1ncnc2c1ncn2[C@@H]1C[C@H](OC(=O)c2ccccc2)[C@H](CO[P@](=O)(Oc2ccc(Cl)cc2)O[C@@H]2C[C@H](n3cnc4c(NC(=O)c5ccccc5)ncnc43)O[C@@H]2CO)O1)c1ccccc1. The van der Waals surface area contributed by atoms with Crippen LogP contribution >= 0.6 is 19.4 Å². The highest BCUT2D eigenvalue weighted by Crippen LogP contribution is 2.54. The van der Waals surface area contributed by atoms with Gasteiger partial charge in [0.2, 0.25) is 0 Å². The van der Waals surface area contributed by atoms with Crippen LogP contribution in [-0.2, 0) is 27.8 Å². The number of ether oxygens (including phenoxy) is 3. The molecule has 10 rings (SSSR count). The summed E-state index contributed by atoms with van der Waals surface area (Å²) in [5.41, 5.74) is 2.24. The number of phosphoric acid groups is 1. The molecular weight excluding hydrogens is 947 g/mol. The quantitative estimate of drug-likeness (QED) is 0.0638. The minimum Gasteiger partial charge on any atom is -0.456 e. The smallest absolute Gasteiger partial charge is 0.456 e. The van der Waals surface area contributed by atoms with Crippen molar-refractivity contribution < 1.29 is 51.8 Å². The van der Waals surface area contributed by atoms with Crippen LogP contribution in [0.2, 0.25) is 5.02 Å². The highest BCUT2D eigenvalue weighted by molar-refractivity contribution is 7.49. The number of carbonyl (C=O) groups excluding carboxylic acids is 3. The van der Waals surface area contributed by atoms with Crippen molar-refractivity contribution in [3.05, 3.63) is 162 Å². The molecule has 6 heterocycles. The van der Waals surface area contributed by atoms with Gasteiger partial charge in [-0.2, -0.15) is 0 Å². The molecule has 7 atom stereocenters. The van der Waals surface area contributed by atoms with E-state index in [0.29, 0.717) is 27.4 Å². The van der Waals surface area contributed by atoms with E-state index in [4.69, 9.17) is 39.4 Å². The maximum atomic E-state index is 15.0. The van der Waals surface area contributed by atoms with Crippen molar-refractivity contribution in [3.63, 3.8) is 0 Å². The van der Waals surface area contributed by atoms with Gasteiger partial charge in [0.15, 0.2) is 34.0 Å². The van der Waals surface area contributed by atoms with Crippen LogP contribution in [0.3, 0.4) is 0 Å². The fourth-order valence-corrected chi connectivity index (χ4v) is 9.50. The Bertz CT molecular complexity index is 3210. The van der Waals surface area contributed by atoms with E-state index in [1.807, 2.05) is 0 Å². The first kappa shape index (κ1) is 46.2. The molecule has 2 amide bonds. The topological polar surface area (TPSA) is 255 Å². The molecule has 23 heteroatoms. The maximum absolute atomic E-state index is 15.0. The number of nitrogens with zero attached hydrogens (tertiary/aromatic N) is 8. The van der Waals surface area contributed by atoms with Gasteiger partial charge in [0, 0.05) is 29.0 Å². The number of rotatable bonds is 16. The van der Waals surface area contributed by atoms with Gasteiger partial charge in [0.1, 0.15) is 55.3 Å². The second kappa shape index (κ2) is 20.2. The number of phosphoric ester groups is 1. The van der Waals surface area contributed by atoms with Gasteiger partial charge >= 0.3 is 13.8 Å². The normalized spacial score (nSPS) is 20.8. The summed E-state index contributed by atoms with van der Waals surface area (Å²) in [7, 11) is -4.73. The molecule has 0 bridgehead atoms. The zero-order chi connectivity index (χ0) is 48.2. The van der Waals surface area contributed by atoms with E-state index in [9.17, 15) is 19.5 Å². The first-order valence-corrected chi connectivity index (χ1v) is 23.6. The van der Waals surface area contributed by atoms with Crippen LogP contribution in [0.15, 0.2) is 141 Å². The van der Waals surface area contributed by atoms with E-state index in [1.165, 1.54) is 49.6 Å². The molecule has 3 N–H and O–H groups in total. The van der Waals surface area contributed by atoms with Gasteiger partial charge in [-0.25, -0.2) is 39.3 Å². The lowest BCUT2D eigenvalue weighted by Gasteiger charge is -2.26. The summed E-state index contributed by atoms with van der Waals surface area (Å²) < 4.78 is 55.3. The van der Waals surface area contributed by atoms with Gasteiger partial charge in [0.05, 0.1) is 31.4 Å². The third-order valence-corrected chi connectivity index (χ3v) is 13.1. The molecule has 2 aliphatic rings. The van der Waals surface area contributed by atoms with Crippen LogP contribution < -0.4 is 15.2 Å². The average molecular weight is 987 g/mol. The third kappa shape index (κ3) is 9.98. The Labute approximate surface area is 402 Å². The number of hydrogen-bond acceptors (Lipinski definition) is 17. The van der Waals surface area contributed by atoms with Gasteiger partial charge in [-0.1, -0.05) is 66.2 Å². The molecule has 0 spiro atoms. The summed E-state index contributed by atoms with van der Waals surface area (Å²) in [6, 6.07) is 31.6. The Morgan fingerprint density at radius 2 is 1.16 bits per heavy atom. The van der Waals surface area contributed by atoms with Crippen molar-refractivity contribution in [1.29, 1.82) is 0 Å². The van der Waals surface area contributed by atoms with Crippen LogP contribution in [0.25, 0.3) is 22.3 Å². The van der Waals surface area contributed by atoms with Crippen molar-refractivity contribution in [3.8, 4) is 5.75 Å². The highest BCUT2D eigenvalue weighted by atomic mass is 35.5. The molecule has 2 saturated heterocycles. The minimum atomic E-state index is -4.73. The monoisotopic (exact) mass is 986 g/mol. The zero-order valence-electron chi connectivity index (χ0n) is 36.5. The molecule has 70 heavy (non-hydrogen) atoms. The molecule has 0 aliphatic carbocycles. The van der Waals surface area contributed by atoms with E-state index in [1.54, 1.807) is 100 Å². The Morgan fingerprint density at radius 3 is 1.69 bits per heavy atom. The number of amides is 2. The minimum absolute atomic E-state index is 0.00755. The molecular formula is C47H40ClN10O11P. The molecule has 0 radical (unpaired) electrons. The third-order valence-electron chi connectivity index (χ3n) is 11.4. The summed E-state index contributed by atoms with van der Waals surface area (Å²) in [5.74, 6) is -1.06. The summed E-state index contributed by atoms with van der Waals surface area (Å²) >= 11 is 6.17. The largest absolute Gasteiger partial charge is 0.530 e. The number of nitrogens with one attached hydrogen (secondary N) is 2. The Balaban J connectivity index is 0.901. The highest BCUT2D eigenvalue weighted by Gasteiger charge is 2.46. The summed E-state index contributed by atoms with van der Waals surface area (Å²) in [6.45, 7) is -1.07. The number of aliphatic hydroxyl groups excluding tert-OH is 1. The van der Waals surface area contributed by atoms with Crippen LogP contribution in [0.1, 0.15) is 56.4 Å². The first-order valence-electron chi connectivity index (χ1n) is 21.7. The lowest BCUT2D eigenvalue weighted by molar-refractivity contribution is -0.0578. The lowest BCUT2D eigenvalue weighted by atomic mass is 10.1. The number of carbonyl (C=O) groups is 3. The fourth-order valence-electron chi connectivity index (χ4n) is 7.95. The van der Waals surface area contributed by atoms with Crippen molar-refractivity contribution >= 4 is 71.2 Å². The van der Waals surface area contributed by atoms with Crippen LogP contribution in [-0.4, -0.2) is 99.6 Å². The van der Waals surface area contributed by atoms with Crippen molar-refractivity contribution in [2.75, 3.05) is 23.8 Å². The fraction of sp³-hybridized carbons (Fsp3) is 0.213. The Hall–Kier alpha value is -7.49. The molecule has 2 fully saturated rings. The number of benzene rings is 4. The predicted octanol–water partition coefficient (Wildman–Crippen LogP) is 7.21. The Morgan fingerprint density at radius 1 is 0.657 bits per heavy atom. The molecule has 0 saturated carbocycles. The molecule has 2 aliphatic heterocycles.